The molecule has 0 saturated carbocycles. The van der Waals surface area contributed by atoms with Gasteiger partial charge in [0.2, 0.25) is 0 Å². The second kappa shape index (κ2) is 8.55. The van der Waals surface area contributed by atoms with Crippen molar-refractivity contribution in [1.82, 2.24) is 0 Å². The second-order valence-electron chi connectivity index (χ2n) is 7.48. The number of esters is 1. The van der Waals surface area contributed by atoms with E-state index in [1.165, 1.54) is 0 Å². The molecule has 0 heterocycles. The van der Waals surface area contributed by atoms with Crippen LogP contribution in [-0.2, 0) is 14.3 Å². The van der Waals surface area contributed by atoms with Crippen molar-refractivity contribution in [2.24, 2.45) is 23.7 Å². The van der Waals surface area contributed by atoms with Crippen molar-refractivity contribution in [2.45, 2.75) is 80.3 Å². The van der Waals surface area contributed by atoms with Gasteiger partial charge < -0.3 is 4.74 Å². The molecule has 3 nitrogen and oxygen atoms in total. The Morgan fingerprint density at radius 2 is 1.57 bits per heavy atom. The van der Waals surface area contributed by atoms with Gasteiger partial charge in [-0.1, -0.05) is 40.5 Å². The van der Waals surface area contributed by atoms with Crippen molar-refractivity contribution < 1.29 is 14.3 Å². The number of Topliss-reactive ketones (excluding diaryl/α,β-unsaturated/α-hetero) is 1. The first-order valence-electron chi connectivity index (χ1n) is 8.22. The fraction of sp³-hybridized carbons (Fsp3) is 0.889. The van der Waals surface area contributed by atoms with Gasteiger partial charge in [0, 0.05) is 5.92 Å². The summed E-state index contributed by atoms with van der Waals surface area (Å²) in [6.07, 6.45) is 3.00. The first-order chi connectivity index (χ1) is 9.49. The van der Waals surface area contributed by atoms with E-state index in [0.29, 0.717) is 5.92 Å². The molecule has 0 spiro atoms. The quantitative estimate of drug-likeness (QED) is 0.613. The van der Waals surface area contributed by atoms with Gasteiger partial charge in [-0.25, -0.2) is 0 Å². The minimum atomic E-state index is -0.444. The minimum absolute atomic E-state index is 0.0678. The average molecular weight is 298 g/mol. The molecule has 124 valence electrons. The topological polar surface area (TPSA) is 43.4 Å². The molecule has 0 aromatic carbocycles. The number of ketones is 1. The van der Waals surface area contributed by atoms with Crippen LogP contribution in [0.2, 0.25) is 0 Å². The average Bonchev–Trinajstić information content (AvgIpc) is 2.33. The van der Waals surface area contributed by atoms with Gasteiger partial charge in [-0.15, -0.1) is 0 Å². The zero-order chi connectivity index (χ0) is 16.8. The number of carbonyl (C=O) groups is 2. The molecule has 0 saturated heterocycles. The summed E-state index contributed by atoms with van der Waals surface area (Å²) in [4.78, 5) is 23.8. The lowest BCUT2D eigenvalue weighted by Gasteiger charge is -2.29. The molecule has 0 bridgehead atoms. The Labute approximate surface area is 130 Å². The largest absolute Gasteiger partial charge is 0.460 e. The summed E-state index contributed by atoms with van der Waals surface area (Å²) in [5.41, 5.74) is -0.444. The number of hydrogen-bond donors (Lipinski definition) is 0. The summed E-state index contributed by atoms with van der Waals surface area (Å²) in [5, 5.41) is 0. The summed E-state index contributed by atoms with van der Waals surface area (Å²) < 4.78 is 5.46. The maximum atomic E-state index is 12.2. The first kappa shape index (κ1) is 20.1. The van der Waals surface area contributed by atoms with Gasteiger partial charge in [0.25, 0.3) is 0 Å². The van der Waals surface area contributed by atoms with E-state index in [1.54, 1.807) is 6.92 Å². The van der Waals surface area contributed by atoms with Crippen LogP contribution >= 0.6 is 0 Å². The highest BCUT2D eigenvalue weighted by atomic mass is 16.6. The van der Waals surface area contributed by atoms with Gasteiger partial charge in [-0.05, 0) is 46.0 Å². The molecule has 21 heavy (non-hydrogen) atoms. The third-order valence-corrected chi connectivity index (χ3v) is 4.31. The van der Waals surface area contributed by atoms with E-state index >= 15 is 0 Å². The SMILES string of the molecule is CCCC(CC(C)C(C)C(=O)OC(C)(C)C)C(C)C(C)=O. The van der Waals surface area contributed by atoms with Gasteiger partial charge in [0.05, 0.1) is 5.92 Å². The van der Waals surface area contributed by atoms with Crippen LogP contribution in [0.25, 0.3) is 0 Å². The van der Waals surface area contributed by atoms with Crippen molar-refractivity contribution in [3.63, 3.8) is 0 Å². The smallest absolute Gasteiger partial charge is 0.309 e. The van der Waals surface area contributed by atoms with E-state index in [4.69, 9.17) is 4.74 Å². The van der Waals surface area contributed by atoms with E-state index < -0.39 is 5.60 Å². The Morgan fingerprint density at radius 3 is 1.95 bits per heavy atom. The van der Waals surface area contributed by atoms with Gasteiger partial charge in [0.15, 0.2) is 0 Å². The number of rotatable bonds is 8. The molecule has 0 aromatic rings. The molecule has 0 amide bonds. The minimum Gasteiger partial charge on any atom is -0.460 e. The standard InChI is InChI=1S/C18H34O3/c1-9-10-16(14(4)15(5)19)11-12(2)13(3)17(20)21-18(6,7)8/h12-14,16H,9-11H2,1-8H3. The van der Waals surface area contributed by atoms with Crippen LogP contribution in [-0.4, -0.2) is 17.4 Å². The highest BCUT2D eigenvalue weighted by molar-refractivity contribution is 5.78. The zero-order valence-electron chi connectivity index (χ0n) is 15.2. The summed E-state index contributed by atoms with van der Waals surface area (Å²) in [6.45, 7) is 15.5. The normalized spacial score (nSPS) is 17.7. The van der Waals surface area contributed by atoms with Crippen molar-refractivity contribution in [3.05, 3.63) is 0 Å². The molecular formula is C18H34O3. The monoisotopic (exact) mass is 298 g/mol. The van der Waals surface area contributed by atoms with Crippen LogP contribution in [0.15, 0.2) is 0 Å². The van der Waals surface area contributed by atoms with Gasteiger partial charge >= 0.3 is 5.97 Å². The molecule has 0 aromatic heterocycles. The molecule has 0 aliphatic heterocycles. The molecule has 0 fully saturated rings. The predicted octanol–water partition coefficient (Wildman–Crippen LogP) is 4.63. The molecule has 0 aliphatic rings. The van der Waals surface area contributed by atoms with Crippen molar-refractivity contribution in [1.29, 1.82) is 0 Å². The molecule has 4 unspecified atom stereocenters. The van der Waals surface area contributed by atoms with Gasteiger partial charge in [-0.3, -0.25) is 9.59 Å². The highest BCUT2D eigenvalue weighted by Crippen LogP contribution is 2.30. The lowest BCUT2D eigenvalue weighted by Crippen LogP contribution is -2.32. The first-order valence-corrected chi connectivity index (χ1v) is 8.22. The molecule has 4 atom stereocenters. The van der Waals surface area contributed by atoms with E-state index in [1.807, 2.05) is 34.6 Å². The van der Waals surface area contributed by atoms with E-state index in [9.17, 15) is 9.59 Å². The number of ether oxygens (including phenoxy) is 1. The molecule has 0 aliphatic carbocycles. The Hall–Kier alpha value is -0.860. The van der Waals surface area contributed by atoms with Crippen LogP contribution in [0.5, 0.6) is 0 Å². The van der Waals surface area contributed by atoms with Crippen LogP contribution in [0.4, 0.5) is 0 Å². The lowest BCUT2D eigenvalue weighted by molar-refractivity contribution is -0.161. The summed E-state index contributed by atoms with van der Waals surface area (Å²) >= 11 is 0. The Morgan fingerprint density at radius 1 is 1.05 bits per heavy atom. The molecule has 0 radical (unpaired) electrons. The molecule has 0 rings (SSSR count). The molecule has 3 heteroatoms. The van der Waals surface area contributed by atoms with Crippen LogP contribution < -0.4 is 0 Å². The van der Waals surface area contributed by atoms with Crippen LogP contribution in [0.1, 0.15) is 74.7 Å². The predicted molar refractivity (Wildman–Crippen MR) is 87.0 cm³/mol. The fourth-order valence-corrected chi connectivity index (χ4v) is 2.58. The zero-order valence-corrected chi connectivity index (χ0v) is 15.2. The Kier molecular flexibility index (Phi) is 8.20. The van der Waals surface area contributed by atoms with Gasteiger partial charge in [0.1, 0.15) is 11.4 Å². The summed E-state index contributed by atoms with van der Waals surface area (Å²) in [5.74, 6) is 0.609. The lowest BCUT2D eigenvalue weighted by atomic mass is 9.78. The summed E-state index contributed by atoms with van der Waals surface area (Å²) in [7, 11) is 0. The van der Waals surface area contributed by atoms with Crippen molar-refractivity contribution in [3.8, 4) is 0 Å². The van der Waals surface area contributed by atoms with Crippen molar-refractivity contribution in [2.75, 3.05) is 0 Å². The van der Waals surface area contributed by atoms with Crippen LogP contribution in [0.3, 0.4) is 0 Å². The third kappa shape index (κ3) is 7.63. The van der Waals surface area contributed by atoms with E-state index in [-0.39, 0.29) is 29.5 Å². The van der Waals surface area contributed by atoms with Crippen LogP contribution in [0, 0.1) is 23.7 Å². The highest BCUT2D eigenvalue weighted by Gasteiger charge is 2.29. The maximum Gasteiger partial charge on any atom is 0.309 e. The Balaban J connectivity index is 4.71. The van der Waals surface area contributed by atoms with Crippen molar-refractivity contribution >= 4 is 11.8 Å². The van der Waals surface area contributed by atoms with E-state index in [2.05, 4.69) is 13.8 Å². The third-order valence-electron chi connectivity index (χ3n) is 4.31. The second-order valence-corrected chi connectivity index (χ2v) is 7.48. The molecular weight excluding hydrogens is 264 g/mol. The number of carbonyl (C=O) groups excluding carboxylic acids is 2. The maximum absolute atomic E-state index is 12.2. The summed E-state index contributed by atoms with van der Waals surface area (Å²) in [6, 6.07) is 0. The Bertz CT molecular complexity index is 341. The number of hydrogen-bond acceptors (Lipinski definition) is 3. The molecule has 0 N–H and O–H groups in total. The van der Waals surface area contributed by atoms with E-state index in [0.717, 1.165) is 19.3 Å². The fourth-order valence-electron chi connectivity index (χ4n) is 2.58. The van der Waals surface area contributed by atoms with Gasteiger partial charge in [-0.2, -0.15) is 0 Å².